The van der Waals surface area contributed by atoms with E-state index in [-0.39, 0.29) is 11.6 Å². The minimum absolute atomic E-state index is 0.104. The Morgan fingerprint density at radius 3 is 2.82 bits per heavy atom. The van der Waals surface area contributed by atoms with Crippen LogP contribution in [-0.2, 0) is 9.53 Å². The monoisotopic (exact) mass is 313 g/mol. The largest absolute Gasteiger partial charge is 0.501 e. The number of aromatic nitrogens is 1. The summed E-state index contributed by atoms with van der Waals surface area (Å²) < 4.78 is 14.9. The molecule has 0 radical (unpaired) electrons. The second-order valence-electron chi connectivity index (χ2n) is 4.33. The van der Waals surface area contributed by atoms with Crippen molar-refractivity contribution in [1.82, 2.24) is 10.3 Å². The van der Waals surface area contributed by atoms with Crippen molar-refractivity contribution >= 4 is 12.0 Å². The molecule has 0 spiro atoms. The number of aromatic hydroxyl groups is 1. The molecule has 4 N–H and O–H groups in total. The second-order valence-corrected chi connectivity index (χ2v) is 4.33. The van der Waals surface area contributed by atoms with Gasteiger partial charge < -0.3 is 25.1 Å². The highest BCUT2D eigenvalue weighted by atomic mass is 16.6. The first-order valence-electron chi connectivity index (χ1n) is 6.53. The molecule has 9 heteroatoms. The fourth-order valence-electron chi connectivity index (χ4n) is 1.32. The Morgan fingerprint density at radius 1 is 1.45 bits per heavy atom. The minimum atomic E-state index is -1.10. The maximum atomic E-state index is 11.5. The van der Waals surface area contributed by atoms with Crippen molar-refractivity contribution in [1.29, 1.82) is 0 Å². The Morgan fingerprint density at radius 2 is 2.18 bits per heavy atom. The zero-order chi connectivity index (χ0) is 16.5. The number of hydrogen-bond donors (Lipinski definition) is 3. The molecule has 1 aromatic rings. The summed E-state index contributed by atoms with van der Waals surface area (Å²) in [5.41, 5.74) is 5.30. The van der Waals surface area contributed by atoms with Crippen molar-refractivity contribution < 1.29 is 28.9 Å². The van der Waals surface area contributed by atoms with Gasteiger partial charge in [0.15, 0.2) is 5.75 Å². The van der Waals surface area contributed by atoms with Crippen LogP contribution in [0.25, 0.3) is 0 Å². The molecule has 122 valence electrons. The van der Waals surface area contributed by atoms with Gasteiger partial charge in [0.25, 0.3) is 5.88 Å². The molecule has 0 unspecified atom stereocenters. The maximum Gasteiger partial charge on any atom is 0.420 e. The summed E-state index contributed by atoms with van der Waals surface area (Å²) >= 11 is 0. The molecule has 0 aliphatic heterocycles. The van der Waals surface area contributed by atoms with Crippen LogP contribution in [0.2, 0.25) is 0 Å². The summed E-state index contributed by atoms with van der Waals surface area (Å²) in [5.74, 6) is -1.42. The predicted octanol–water partition coefficient (Wildman–Crippen LogP) is 0.165. The summed E-state index contributed by atoms with van der Waals surface area (Å²) in [4.78, 5) is 26.4. The van der Waals surface area contributed by atoms with Gasteiger partial charge in [0.2, 0.25) is 11.7 Å². The van der Waals surface area contributed by atoms with E-state index in [1.807, 2.05) is 5.32 Å². The molecule has 0 saturated heterocycles. The van der Waals surface area contributed by atoms with Crippen LogP contribution in [0, 0.1) is 0 Å². The van der Waals surface area contributed by atoms with Gasteiger partial charge in [-0.2, -0.15) is 0 Å². The molecule has 22 heavy (non-hydrogen) atoms. The first-order valence-corrected chi connectivity index (χ1v) is 6.53. The Hall–Kier alpha value is -2.39. The third kappa shape index (κ3) is 5.54. The molecule has 0 aliphatic carbocycles. The van der Waals surface area contributed by atoms with Crippen molar-refractivity contribution in [3.8, 4) is 17.4 Å². The van der Waals surface area contributed by atoms with Crippen molar-refractivity contribution in [3.05, 3.63) is 12.3 Å². The van der Waals surface area contributed by atoms with Gasteiger partial charge in [-0.05, 0) is 6.92 Å². The fraction of sp³-hybridized carbons (Fsp3) is 0.462. The highest BCUT2D eigenvalue weighted by molar-refractivity contribution is 5.95. The quantitative estimate of drug-likeness (QED) is 0.606. The topological polar surface area (TPSA) is 133 Å². The minimum Gasteiger partial charge on any atom is -0.501 e. The highest BCUT2D eigenvalue weighted by Gasteiger charge is 2.18. The molecule has 0 aromatic carbocycles. The molecule has 1 aromatic heterocycles. The van der Waals surface area contributed by atoms with E-state index >= 15 is 0 Å². The van der Waals surface area contributed by atoms with Gasteiger partial charge in [0, 0.05) is 32.4 Å². The van der Waals surface area contributed by atoms with Crippen molar-refractivity contribution in [2.24, 2.45) is 5.73 Å². The molecule has 0 saturated carbocycles. The number of amides is 2. The average molecular weight is 313 g/mol. The number of nitrogens with zero attached hydrogens (tertiary/aromatic N) is 1. The number of hydrogen-bond acceptors (Lipinski definition) is 8. The number of carbonyl (C=O) groups excluding carboxylic acids is 2. The number of imide groups is 1. The van der Waals surface area contributed by atoms with E-state index < -0.39 is 23.8 Å². The number of carbonyl (C=O) groups is 2. The number of methoxy groups -OCH3 is 1. The fourth-order valence-corrected chi connectivity index (χ4v) is 1.32. The maximum absolute atomic E-state index is 11.5. The van der Waals surface area contributed by atoms with E-state index in [1.54, 1.807) is 7.11 Å². The van der Waals surface area contributed by atoms with Gasteiger partial charge in [0.05, 0.1) is 12.6 Å². The normalized spacial score (nSPS) is 11.6. The predicted molar refractivity (Wildman–Crippen MR) is 75.7 cm³/mol. The Kier molecular flexibility index (Phi) is 7.06. The van der Waals surface area contributed by atoms with Gasteiger partial charge in [-0.1, -0.05) is 0 Å². The van der Waals surface area contributed by atoms with Crippen LogP contribution in [0.5, 0.6) is 17.4 Å². The summed E-state index contributed by atoms with van der Waals surface area (Å²) in [6.45, 7) is 2.23. The van der Waals surface area contributed by atoms with Gasteiger partial charge in [-0.3, -0.25) is 10.1 Å². The summed E-state index contributed by atoms with van der Waals surface area (Å²) in [5, 5.41) is 11.8. The molecular formula is C13H19N3O6. The molecule has 0 bridgehead atoms. The zero-order valence-corrected chi connectivity index (χ0v) is 12.4. The van der Waals surface area contributed by atoms with Gasteiger partial charge >= 0.3 is 6.09 Å². The van der Waals surface area contributed by atoms with Gasteiger partial charge in [-0.15, -0.1) is 0 Å². The number of pyridine rings is 1. The number of nitrogens with one attached hydrogen (secondary N) is 1. The van der Waals surface area contributed by atoms with Crippen LogP contribution < -0.4 is 20.5 Å². The molecule has 2 amide bonds. The van der Waals surface area contributed by atoms with Gasteiger partial charge in [-0.25, -0.2) is 9.78 Å². The van der Waals surface area contributed by atoms with E-state index in [9.17, 15) is 14.7 Å². The van der Waals surface area contributed by atoms with Crippen LogP contribution >= 0.6 is 0 Å². The summed E-state index contributed by atoms with van der Waals surface area (Å²) in [6.07, 6.45) is 0.820. The standard InChI is InChI=1S/C13H19N3O6/c1-8(14)11(18)16-13(19)22-12-10(17)9(4-5-15-12)21-7-3-6-20-2/h4-5,8,17H,3,6-7,14H2,1-2H3,(H,16,18,19)/t8-/m0/s1. The molecule has 1 heterocycles. The van der Waals surface area contributed by atoms with Crippen LogP contribution in [0.1, 0.15) is 13.3 Å². The Balaban J connectivity index is 2.63. The smallest absolute Gasteiger partial charge is 0.420 e. The van der Waals surface area contributed by atoms with Crippen molar-refractivity contribution in [2.45, 2.75) is 19.4 Å². The number of rotatable bonds is 7. The van der Waals surface area contributed by atoms with E-state index in [4.69, 9.17) is 19.9 Å². The number of nitrogens with two attached hydrogens (primary N) is 1. The van der Waals surface area contributed by atoms with Crippen molar-refractivity contribution in [2.75, 3.05) is 20.3 Å². The SMILES string of the molecule is COCCCOc1ccnc(OC(=O)NC(=O)[C@H](C)N)c1O. The lowest BCUT2D eigenvalue weighted by Gasteiger charge is -2.11. The molecule has 9 nitrogen and oxygen atoms in total. The van der Waals surface area contributed by atoms with E-state index in [0.29, 0.717) is 19.6 Å². The van der Waals surface area contributed by atoms with Crippen LogP contribution in [0.3, 0.4) is 0 Å². The molecule has 1 rings (SSSR count). The van der Waals surface area contributed by atoms with Crippen LogP contribution in [0.15, 0.2) is 12.3 Å². The highest BCUT2D eigenvalue weighted by Crippen LogP contribution is 2.33. The summed E-state index contributed by atoms with van der Waals surface area (Å²) in [6, 6.07) is 0.546. The molecule has 0 fully saturated rings. The second kappa shape index (κ2) is 8.80. The third-order valence-corrected chi connectivity index (χ3v) is 2.43. The Bertz CT molecular complexity index is 520. The van der Waals surface area contributed by atoms with Crippen LogP contribution in [-0.4, -0.2) is 48.5 Å². The Labute approximate surface area is 127 Å². The van der Waals surface area contributed by atoms with Gasteiger partial charge in [0.1, 0.15) is 0 Å². The molecular weight excluding hydrogens is 294 g/mol. The first kappa shape index (κ1) is 17.7. The number of ether oxygens (including phenoxy) is 3. The lowest BCUT2D eigenvalue weighted by Crippen LogP contribution is -2.42. The third-order valence-electron chi connectivity index (χ3n) is 2.43. The van der Waals surface area contributed by atoms with E-state index in [1.165, 1.54) is 19.2 Å². The molecule has 0 aliphatic rings. The van der Waals surface area contributed by atoms with Crippen molar-refractivity contribution in [3.63, 3.8) is 0 Å². The first-order chi connectivity index (χ1) is 10.5. The van der Waals surface area contributed by atoms with E-state index in [0.717, 1.165) is 0 Å². The summed E-state index contributed by atoms with van der Waals surface area (Å²) in [7, 11) is 1.57. The lowest BCUT2D eigenvalue weighted by atomic mass is 10.3. The van der Waals surface area contributed by atoms with E-state index in [2.05, 4.69) is 4.98 Å². The molecule has 1 atom stereocenters. The zero-order valence-electron chi connectivity index (χ0n) is 12.4. The average Bonchev–Trinajstić information content (AvgIpc) is 2.47. The van der Waals surface area contributed by atoms with Crippen LogP contribution in [0.4, 0.5) is 4.79 Å². The lowest BCUT2D eigenvalue weighted by molar-refractivity contribution is -0.121.